The average Bonchev–Trinajstić information content (AvgIpc) is 2.43. The first-order valence-electron chi connectivity index (χ1n) is 6.22. The van der Waals surface area contributed by atoms with Crippen LogP contribution >= 0.6 is 23.4 Å². The number of halogens is 1. The second-order valence-electron chi connectivity index (χ2n) is 4.08. The lowest BCUT2D eigenvalue weighted by Gasteiger charge is -2.07. The summed E-state index contributed by atoms with van der Waals surface area (Å²) in [6.07, 6.45) is 6.22. The zero-order chi connectivity index (χ0) is 13.5. The molecule has 1 aromatic heterocycles. The Morgan fingerprint density at radius 3 is 2.89 bits per heavy atom. The van der Waals surface area contributed by atoms with Crippen molar-refractivity contribution in [2.45, 2.75) is 29.8 Å². The molecular weight excluding hydrogens is 278 g/mol. The third kappa shape index (κ3) is 4.49. The van der Waals surface area contributed by atoms with Crippen molar-refractivity contribution in [1.29, 1.82) is 0 Å². The number of benzene rings is 1. The molecule has 1 aromatic carbocycles. The first-order valence-corrected chi connectivity index (χ1v) is 7.42. The van der Waals surface area contributed by atoms with Crippen molar-refractivity contribution in [3.63, 3.8) is 0 Å². The fourth-order valence-electron chi connectivity index (χ4n) is 1.59. The Morgan fingerprint density at radius 2 is 2.21 bits per heavy atom. The van der Waals surface area contributed by atoms with E-state index in [-0.39, 0.29) is 0 Å². The minimum Gasteiger partial charge on any atom is -0.313 e. The van der Waals surface area contributed by atoms with Gasteiger partial charge in [-0.1, -0.05) is 36.4 Å². The van der Waals surface area contributed by atoms with Gasteiger partial charge in [0.15, 0.2) is 0 Å². The molecule has 0 radical (unpaired) electrons. The molecule has 5 heteroatoms. The van der Waals surface area contributed by atoms with Crippen molar-refractivity contribution in [1.82, 2.24) is 15.3 Å². The molecule has 0 saturated heterocycles. The third-order valence-electron chi connectivity index (χ3n) is 2.53. The molecule has 0 aliphatic rings. The Bertz CT molecular complexity index is 519. The molecule has 2 aromatic rings. The van der Waals surface area contributed by atoms with Crippen molar-refractivity contribution in [2.75, 3.05) is 6.54 Å². The molecular formula is C14H16ClN3S. The van der Waals surface area contributed by atoms with Crippen molar-refractivity contribution in [2.24, 2.45) is 0 Å². The van der Waals surface area contributed by atoms with Gasteiger partial charge in [0, 0.05) is 28.9 Å². The number of nitrogens with one attached hydrogen (secondary N) is 1. The van der Waals surface area contributed by atoms with Crippen LogP contribution in [0, 0.1) is 0 Å². The van der Waals surface area contributed by atoms with Crippen LogP contribution in [-0.2, 0) is 6.54 Å². The Balaban J connectivity index is 2.02. The molecule has 19 heavy (non-hydrogen) atoms. The summed E-state index contributed by atoms with van der Waals surface area (Å²) < 4.78 is 0. The van der Waals surface area contributed by atoms with Gasteiger partial charge in [0.25, 0.3) is 0 Å². The van der Waals surface area contributed by atoms with Gasteiger partial charge in [-0.25, -0.2) is 4.98 Å². The Labute approximate surface area is 122 Å². The van der Waals surface area contributed by atoms with Crippen molar-refractivity contribution >= 4 is 23.4 Å². The van der Waals surface area contributed by atoms with E-state index in [0.717, 1.165) is 40.0 Å². The SMILES string of the molecule is CCCNCc1ccc(Sc2cnccn2)cc1Cl. The smallest absolute Gasteiger partial charge is 0.119 e. The molecule has 0 saturated carbocycles. The van der Waals surface area contributed by atoms with Gasteiger partial charge in [-0.3, -0.25) is 4.98 Å². The van der Waals surface area contributed by atoms with Gasteiger partial charge in [-0.15, -0.1) is 0 Å². The highest BCUT2D eigenvalue weighted by molar-refractivity contribution is 7.99. The van der Waals surface area contributed by atoms with Crippen molar-refractivity contribution < 1.29 is 0 Å². The zero-order valence-corrected chi connectivity index (χ0v) is 12.3. The van der Waals surface area contributed by atoms with Crippen LogP contribution in [0.2, 0.25) is 5.02 Å². The predicted molar refractivity (Wildman–Crippen MR) is 79.6 cm³/mol. The van der Waals surface area contributed by atoms with Crippen LogP contribution in [0.15, 0.2) is 46.7 Å². The average molecular weight is 294 g/mol. The number of nitrogens with zero attached hydrogens (tertiary/aromatic N) is 2. The molecule has 0 unspecified atom stereocenters. The van der Waals surface area contributed by atoms with Crippen LogP contribution in [0.3, 0.4) is 0 Å². The second kappa shape index (κ2) is 7.48. The van der Waals surface area contributed by atoms with Gasteiger partial charge >= 0.3 is 0 Å². The zero-order valence-electron chi connectivity index (χ0n) is 10.8. The summed E-state index contributed by atoms with van der Waals surface area (Å²) >= 11 is 7.85. The highest BCUT2D eigenvalue weighted by Gasteiger charge is 2.04. The first kappa shape index (κ1) is 14.3. The highest BCUT2D eigenvalue weighted by Crippen LogP contribution is 2.29. The number of rotatable bonds is 6. The quantitative estimate of drug-likeness (QED) is 0.823. The van der Waals surface area contributed by atoms with Gasteiger partial charge in [-0.05, 0) is 30.7 Å². The standard InChI is InChI=1S/C14H16ClN3S/c1-2-5-16-9-11-3-4-12(8-13(11)15)19-14-10-17-6-7-18-14/h3-4,6-8,10,16H,2,5,9H2,1H3. The van der Waals surface area contributed by atoms with E-state index in [4.69, 9.17) is 11.6 Å². The molecule has 0 atom stereocenters. The lowest BCUT2D eigenvalue weighted by atomic mass is 10.2. The number of aromatic nitrogens is 2. The summed E-state index contributed by atoms with van der Waals surface area (Å²) in [6.45, 7) is 3.96. The van der Waals surface area contributed by atoms with Crippen LogP contribution in [0.5, 0.6) is 0 Å². The van der Waals surface area contributed by atoms with Gasteiger partial charge in [-0.2, -0.15) is 0 Å². The van der Waals surface area contributed by atoms with E-state index in [1.54, 1.807) is 30.4 Å². The summed E-state index contributed by atoms with van der Waals surface area (Å²) in [7, 11) is 0. The summed E-state index contributed by atoms with van der Waals surface area (Å²) in [5.74, 6) is 0. The number of hydrogen-bond donors (Lipinski definition) is 1. The van der Waals surface area contributed by atoms with E-state index in [0.29, 0.717) is 0 Å². The maximum absolute atomic E-state index is 6.29. The topological polar surface area (TPSA) is 37.8 Å². The van der Waals surface area contributed by atoms with E-state index < -0.39 is 0 Å². The van der Waals surface area contributed by atoms with E-state index in [1.807, 2.05) is 6.07 Å². The molecule has 0 fully saturated rings. The molecule has 0 spiro atoms. The maximum Gasteiger partial charge on any atom is 0.119 e. The summed E-state index contributed by atoms with van der Waals surface area (Å²) in [5, 5.41) is 5.01. The van der Waals surface area contributed by atoms with Crippen LogP contribution in [0.4, 0.5) is 0 Å². The molecule has 3 nitrogen and oxygen atoms in total. The van der Waals surface area contributed by atoms with E-state index in [1.165, 1.54) is 0 Å². The maximum atomic E-state index is 6.29. The van der Waals surface area contributed by atoms with Crippen LogP contribution < -0.4 is 5.32 Å². The Kier molecular flexibility index (Phi) is 5.63. The van der Waals surface area contributed by atoms with E-state index in [9.17, 15) is 0 Å². The summed E-state index contributed by atoms with van der Waals surface area (Å²) in [5.41, 5.74) is 1.12. The third-order valence-corrected chi connectivity index (χ3v) is 3.79. The van der Waals surface area contributed by atoms with E-state index >= 15 is 0 Å². The molecule has 0 amide bonds. The van der Waals surface area contributed by atoms with Crippen molar-refractivity contribution in [3.8, 4) is 0 Å². The Morgan fingerprint density at radius 1 is 1.32 bits per heavy atom. The first-order chi connectivity index (χ1) is 9.29. The lowest BCUT2D eigenvalue weighted by molar-refractivity contribution is 0.675. The molecule has 0 aliphatic carbocycles. The molecule has 1 heterocycles. The van der Waals surface area contributed by atoms with Crippen molar-refractivity contribution in [3.05, 3.63) is 47.4 Å². The summed E-state index contributed by atoms with van der Waals surface area (Å²) in [4.78, 5) is 9.35. The highest BCUT2D eigenvalue weighted by atomic mass is 35.5. The molecule has 1 N–H and O–H groups in total. The predicted octanol–water partition coefficient (Wildman–Crippen LogP) is 3.78. The summed E-state index contributed by atoms with van der Waals surface area (Å²) in [6, 6.07) is 6.10. The molecule has 2 rings (SSSR count). The minimum atomic E-state index is 0.789. The van der Waals surface area contributed by atoms with Gasteiger partial charge in [0.05, 0.1) is 6.20 Å². The van der Waals surface area contributed by atoms with Gasteiger partial charge in [0.1, 0.15) is 5.03 Å². The fourth-order valence-corrected chi connectivity index (χ4v) is 2.69. The molecule has 0 aliphatic heterocycles. The van der Waals surface area contributed by atoms with Crippen LogP contribution in [0.1, 0.15) is 18.9 Å². The Hall–Kier alpha value is -1.10. The molecule has 100 valence electrons. The van der Waals surface area contributed by atoms with Gasteiger partial charge in [0.2, 0.25) is 0 Å². The monoisotopic (exact) mass is 293 g/mol. The normalized spacial score (nSPS) is 10.6. The molecule has 0 bridgehead atoms. The number of hydrogen-bond acceptors (Lipinski definition) is 4. The van der Waals surface area contributed by atoms with E-state index in [2.05, 4.69) is 34.3 Å². The lowest BCUT2D eigenvalue weighted by Crippen LogP contribution is -2.13. The van der Waals surface area contributed by atoms with Crippen LogP contribution in [0.25, 0.3) is 0 Å². The second-order valence-corrected chi connectivity index (χ2v) is 5.58. The van der Waals surface area contributed by atoms with Gasteiger partial charge < -0.3 is 5.32 Å². The minimum absolute atomic E-state index is 0.789. The fraction of sp³-hybridized carbons (Fsp3) is 0.286. The van der Waals surface area contributed by atoms with Crippen LogP contribution in [-0.4, -0.2) is 16.5 Å². The largest absolute Gasteiger partial charge is 0.313 e.